The number of hydrogen-bond acceptors (Lipinski definition) is 2. The van der Waals surface area contributed by atoms with E-state index in [9.17, 15) is 4.21 Å². The molecule has 0 radical (unpaired) electrons. The molecule has 0 aliphatic carbocycles. The number of nitrogens with two attached hydrogens (primary N) is 1. The van der Waals surface area contributed by atoms with Gasteiger partial charge in [-0.25, -0.2) is 9.35 Å². The molecule has 4 nitrogen and oxygen atoms in total. The Morgan fingerprint density at radius 2 is 2.00 bits per heavy atom. The zero-order valence-corrected chi connectivity index (χ0v) is 8.51. The second-order valence-corrected chi connectivity index (χ2v) is 4.16. The van der Waals surface area contributed by atoms with Crippen LogP contribution in [0.15, 0.2) is 0 Å². The van der Waals surface area contributed by atoms with Gasteiger partial charge >= 0.3 is 0 Å². The minimum atomic E-state index is -3.14. The predicted molar refractivity (Wildman–Crippen MR) is 53.4 cm³/mol. The molecular weight excluding hydrogens is 176 g/mol. The summed E-state index contributed by atoms with van der Waals surface area (Å²) < 4.78 is 19.3. The summed E-state index contributed by atoms with van der Waals surface area (Å²) in [5.74, 6) is 0. The summed E-state index contributed by atoms with van der Waals surface area (Å²) in [6.45, 7) is 6.83. The minimum Gasteiger partial charge on any atom is -0.304 e. The van der Waals surface area contributed by atoms with Gasteiger partial charge in [0.05, 0.1) is 0 Å². The fourth-order valence-corrected chi connectivity index (χ4v) is 1.39. The quantitative estimate of drug-likeness (QED) is 0.612. The maximum atomic E-state index is 10.6. The van der Waals surface area contributed by atoms with Crippen LogP contribution in [0, 0.1) is 0 Å². The first-order chi connectivity index (χ1) is 5.49. The number of nitrogens with zero attached hydrogens (tertiary/aromatic N) is 1. The summed E-state index contributed by atoms with van der Waals surface area (Å²) in [5.41, 5.74) is 0. The molecule has 0 aromatic rings. The van der Waals surface area contributed by atoms with E-state index in [2.05, 4.69) is 18.7 Å². The van der Waals surface area contributed by atoms with E-state index in [1.165, 1.54) is 5.37 Å². The molecule has 0 fully saturated rings. The van der Waals surface area contributed by atoms with Gasteiger partial charge in [-0.2, -0.15) is 0 Å². The van der Waals surface area contributed by atoms with Crippen LogP contribution >= 0.6 is 0 Å². The standard InChI is InChI=1S/C7H18N2O2S/c1-3-9(4-2)6-5-7-12(8,10)11/h7H,3-6H2,1-2H3,(H3,8,10,11). The number of hydrogen-bond donors (Lipinski definition) is 2. The van der Waals surface area contributed by atoms with Gasteiger partial charge in [0, 0.05) is 11.9 Å². The lowest BCUT2D eigenvalue weighted by atomic mass is 10.4. The SMILES string of the molecule is CCN(CC)CCC=S(N)(=O)O. The Balaban J connectivity index is 3.77. The molecule has 0 saturated carbocycles. The monoisotopic (exact) mass is 194 g/mol. The normalized spacial score (nSPS) is 16.1. The van der Waals surface area contributed by atoms with E-state index in [-0.39, 0.29) is 0 Å². The third-order valence-corrected chi connectivity index (χ3v) is 2.41. The first kappa shape index (κ1) is 11.9. The van der Waals surface area contributed by atoms with Gasteiger partial charge in [-0.3, -0.25) is 0 Å². The van der Waals surface area contributed by atoms with E-state index in [0.717, 1.165) is 19.6 Å². The van der Waals surface area contributed by atoms with Crippen LogP contribution in [0.2, 0.25) is 0 Å². The lowest BCUT2D eigenvalue weighted by Crippen LogP contribution is -2.25. The first-order valence-electron chi connectivity index (χ1n) is 4.09. The van der Waals surface area contributed by atoms with Crippen LogP contribution in [-0.4, -0.2) is 38.7 Å². The largest absolute Gasteiger partial charge is 0.304 e. The van der Waals surface area contributed by atoms with E-state index < -0.39 is 9.99 Å². The van der Waals surface area contributed by atoms with Crippen LogP contribution < -0.4 is 5.14 Å². The van der Waals surface area contributed by atoms with Crippen molar-refractivity contribution in [3.8, 4) is 0 Å². The Kier molecular flexibility index (Phi) is 5.48. The van der Waals surface area contributed by atoms with Crippen LogP contribution in [0.5, 0.6) is 0 Å². The van der Waals surface area contributed by atoms with Crippen molar-refractivity contribution in [2.45, 2.75) is 20.3 Å². The number of rotatable bonds is 5. The van der Waals surface area contributed by atoms with Gasteiger partial charge in [-0.05, 0) is 19.5 Å². The van der Waals surface area contributed by atoms with Crippen molar-refractivity contribution in [2.75, 3.05) is 19.6 Å². The van der Waals surface area contributed by atoms with Crippen LogP contribution in [0.3, 0.4) is 0 Å². The Hall–Kier alpha value is -0.100. The second kappa shape index (κ2) is 5.53. The van der Waals surface area contributed by atoms with E-state index in [4.69, 9.17) is 9.69 Å². The van der Waals surface area contributed by atoms with Gasteiger partial charge in [-0.15, -0.1) is 0 Å². The molecule has 74 valence electrons. The molecule has 5 heteroatoms. The molecular formula is C7H18N2O2S. The lowest BCUT2D eigenvalue weighted by Gasteiger charge is -2.16. The minimum absolute atomic E-state index is 0.563. The summed E-state index contributed by atoms with van der Waals surface area (Å²) in [7, 11) is -3.14. The predicted octanol–water partition coefficient (Wildman–Crippen LogP) is 0.152. The fraction of sp³-hybridized carbons (Fsp3) is 0.857. The maximum absolute atomic E-state index is 10.6. The van der Waals surface area contributed by atoms with Crippen molar-refractivity contribution in [3.63, 3.8) is 0 Å². The van der Waals surface area contributed by atoms with Crippen molar-refractivity contribution in [1.82, 2.24) is 4.90 Å². The molecule has 1 unspecified atom stereocenters. The van der Waals surface area contributed by atoms with E-state index in [0.29, 0.717) is 6.42 Å². The van der Waals surface area contributed by atoms with Gasteiger partial charge < -0.3 is 9.45 Å². The average molecular weight is 194 g/mol. The van der Waals surface area contributed by atoms with Crippen molar-refractivity contribution in [1.29, 1.82) is 0 Å². The van der Waals surface area contributed by atoms with Gasteiger partial charge in [0.2, 0.25) is 0 Å². The maximum Gasteiger partial charge on any atom is 0.138 e. The van der Waals surface area contributed by atoms with Crippen molar-refractivity contribution in [2.24, 2.45) is 5.14 Å². The molecule has 1 atom stereocenters. The Labute approximate surface area is 74.7 Å². The van der Waals surface area contributed by atoms with Gasteiger partial charge in [-0.1, -0.05) is 13.8 Å². The third kappa shape index (κ3) is 6.60. The second-order valence-electron chi connectivity index (χ2n) is 2.60. The molecule has 0 aromatic heterocycles. The van der Waals surface area contributed by atoms with Crippen LogP contribution in [0.1, 0.15) is 20.3 Å². The zero-order chi connectivity index (χ0) is 9.61. The van der Waals surface area contributed by atoms with Gasteiger partial charge in [0.25, 0.3) is 0 Å². The van der Waals surface area contributed by atoms with Gasteiger partial charge in [0.15, 0.2) is 0 Å². The van der Waals surface area contributed by atoms with E-state index in [1.807, 2.05) is 0 Å². The summed E-state index contributed by atoms with van der Waals surface area (Å²) >= 11 is 0. The van der Waals surface area contributed by atoms with Crippen molar-refractivity contribution < 1.29 is 8.76 Å². The molecule has 0 spiro atoms. The molecule has 0 saturated heterocycles. The Bertz CT molecular complexity index is 209. The molecule has 0 bridgehead atoms. The molecule has 0 heterocycles. The smallest absolute Gasteiger partial charge is 0.138 e. The molecule has 0 aliphatic heterocycles. The molecule has 3 N–H and O–H groups in total. The molecule has 0 rings (SSSR count). The van der Waals surface area contributed by atoms with Crippen LogP contribution in [0.4, 0.5) is 0 Å². The van der Waals surface area contributed by atoms with Crippen LogP contribution in [-0.2, 0) is 9.99 Å². The highest BCUT2D eigenvalue weighted by Crippen LogP contribution is 1.88. The van der Waals surface area contributed by atoms with E-state index >= 15 is 0 Å². The summed E-state index contributed by atoms with van der Waals surface area (Å²) in [4.78, 5) is 2.17. The average Bonchev–Trinajstić information content (AvgIpc) is 1.96. The zero-order valence-electron chi connectivity index (χ0n) is 7.69. The Morgan fingerprint density at radius 3 is 2.33 bits per heavy atom. The topological polar surface area (TPSA) is 66.6 Å². The van der Waals surface area contributed by atoms with Crippen LogP contribution in [0.25, 0.3) is 0 Å². The summed E-state index contributed by atoms with van der Waals surface area (Å²) in [6.07, 6.45) is 0.563. The lowest BCUT2D eigenvalue weighted by molar-refractivity contribution is 0.314. The molecule has 0 aliphatic rings. The highest BCUT2D eigenvalue weighted by Gasteiger charge is 1.97. The molecule has 0 aromatic carbocycles. The van der Waals surface area contributed by atoms with E-state index in [1.54, 1.807) is 0 Å². The molecule has 12 heavy (non-hydrogen) atoms. The van der Waals surface area contributed by atoms with Crippen molar-refractivity contribution in [3.05, 3.63) is 0 Å². The van der Waals surface area contributed by atoms with Crippen molar-refractivity contribution >= 4 is 15.4 Å². The fourth-order valence-electron chi connectivity index (χ4n) is 0.944. The van der Waals surface area contributed by atoms with Gasteiger partial charge in [0.1, 0.15) is 9.99 Å². The highest BCUT2D eigenvalue weighted by molar-refractivity contribution is 7.93. The first-order valence-corrected chi connectivity index (χ1v) is 5.73. The summed E-state index contributed by atoms with van der Waals surface area (Å²) in [6, 6.07) is 0. The third-order valence-electron chi connectivity index (χ3n) is 1.70. The summed E-state index contributed by atoms with van der Waals surface area (Å²) in [5, 5.41) is 6.18. The molecule has 0 amide bonds. The Morgan fingerprint density at radius 1 is 1.50 bits per heavy atom. The highest BCUT2D eigenvalue weighted by atomic mass is 32.2.